The summed E-state index contributed by atoms with van der Waals surface area (Å²) in [5.41, 5.74) is 7.10. The number of esters is 1. The molecule has 0 aliphatic heterocycles. The Labute approximate surface area is 165 Å². The maximum absolute atomic E-state index is 12.1. The van der Waals surface area contributed by atoms with Crippen molar-refractivity contribution in [2.75, 3.05) is 5.73 Å². The molecule has 4 aromatic rings. The lowest BCUT2D eigenvalue weighted by Gasteiger charge is -2.07. The second kappa shape index (κ2) is 8.05. The molecule has 0 atom stereocenters. The number of benzene rings is 2. The number of fused-ring (bicyclic) bond motifs is 2. The lowest BCUT2D eigenvalue weighted by molar-refractivity contribution is -0.145. The summed E-state index contributed by atoms with van der Waals surface area (Å²) < 4.78 is 5.25. The second-order valence-electron chi connectivity index (χ2n) is 6.59. The average Bonchev–Trinajstić information content (AvgIpc) is 2.72. The van der Waals surface area contributed by atoms with E-state index in [0.717, 1.165) is 5.39 Å². The molecule has 29 heavy (non-hydrogen) atoms. The van der Waals surface area contributed by atoms with Crippen molar-refractivity contribution in [1.82, 2.24) is 19.9 Å². The highest BCUT2D eigenvalue weighted by Crippen LogP contribution is 2.17. The third kappa shape index (κ3) is 4.21. The fourth-order valence-corrected chi connectivity index (χ4v) is 3.09. The smallest absolute Gasteiger partial charge is 0.306 e. The molecule has 0 saturated carbocycles. The van der Waals surface area contributed by atoms with Gasteiger partial charge in [-0.3, -0.25) is 9.59 Å². The number of H-pyrrole nitrogens is 1. The summed E-state index contributed by atoms with van der Waals surface area (Å²) in [5.74, 6) is 0.888. The average molecular weight is 389 g/mol. The third-order valence-corrected chi connectivity index (χ3v) is 4.50. The first-order chi connectivity index (χ1) is 14.1. The lowest BCUT2D eigenvalue weighted by Crippen LogP contribution is -2.13. The van der Waals surface area contributed by atoms with E-state index >= 15 is 0 Å². The van der Waals surface area contributed by atoms with Gasteiger partial charge in [-0.05, 0) is 30.7 Å². The normalized spacial score (nSPS) is 11.0. The van der Waals surface area contributed by atoms with Crippen LogP contribution < -0.4 is 11.3 Å². The minimum Gasteiger partial charge on any atom is -0.457 e. The Kier molecular flexibility index (Phi) is 5.15. The Bertz CT molecular complexity index is 1250. The Hall–Kier alpha value is -3.81. The number of aromatic nitrogens is 4. The summed E-state index contributed by atoms with van der Waals surface area (Å²) in [5, 5.41) is 1.31. The zero-order valence-electron chi connectivity index (χ0n) is 15.6. The number of ether oxygens (including phenoxy) is 1. The van der Waals surface area contributed by atoms with Gasteiger partial charge in [0.05, 0.1) is 16.4 Å². The quantitative estimate of drug-likeness (QED) is 0.486. The molecule has 4 rings (SSSR count). The molecule has 2 aromatic carbocycles. The standard InChI is InChI=1S/C21H19N5O3/c22-20-13-6-1-3-8-15(13)24-18(25-20)12-29-19(27)11-5-10-17-23-16-9-4-2-7-14(16)21(28)26-17/h1-4,6-9H,5,10-12H2,(H2,22,24,25)(H,23,26,28). The van der Waals surface area contributed by atoms with Crippen LogP contribution in [-0.2, 0) is 22.6 Å². The fourth-order valence-electron chi connectivity index (χ4n) is 3.09. The number of nitrogens with one attached hydrogen (secondary N) is 1. The number of nitrogens with zero attached hydrogens (tertiary/aromatic N) is 3. The van der Waals surface area contributed by atoms with Gasteiger partial charge in [-0.2, -0.15) is 0 Å². The topological polar surface area (TPSA) is 124 Å². The molecule has 0 bridgehead atoms. The molecule has 2 aromatic heterocycles. The lowest BCUT2D eigenvalue weighted by atomic mass is 10.2. The summed E-state index contributed by atoms with van der Waals surface area (Å²) >= 11 is 0. The van der Waals surface area contributed by atoms with Crippen molar-refractivity contribution in [3.63, 3.8) is 0 Å². The van der Waals surface area contributed by atoms with Crippen LogP contribution in [0.3, 0.4) is 0 Å². The number of nitrogen functional groups attached to an aromatic ring is 1. The third-order valence-electron chi connectivity index (χ3n) is 4.50. The van der Waals surface area contributed by atoms with E-state index in [-0.39, 0.29) is 24.6 Å². The monoisotopic (exact) mass is 389 g/mol. The van der Waals surface area contributed by atoms with E-state index in [1.54, 1.807) is 18.2 Å². The first kappa shape index (κ1) is 18.5. The summed E-state index contributed by atoms with van der Waals surface area (Å²) in [7, 11) is 0. The van der Waals surface area contributed by atoms with Crippen LogP contribution in [0.4, 0.5) is 5.82 Å². The SMILES string of the molecule is Nc1nc(COC(=O)CCCc2nc3ccccc3c(=O)[nH]2)nc2ccccc12. The Morgan fingerprint density at radius 1 is 0.966 bits per heavy atom. The van der Waals surface area contributed by atoms with Crippen molar-refractivity contribution < 1.29 is 9.53 Å². The molecular formula is C21H19N5O3. The molecule has 0 spiro atoms. The first-order valence-electron chi connectivity index (χ1n) is 9.25. The number of carbonyl (C=O) groups is 1. The number of hydrogen-bond donors (Lipinski definition) is 2. The second-order valence-corrected chi connectivity index (χ2v) is 6.59. The minimum absolute atomic E-state index is 0.0427. The van der Waals surface area contributed by atoms with Crippen LogP contribution in [0.2, 0.25) is 0 Å². The van der Waals surface area contributed by atoms with Crippen molar-refractivity contribution in [2.24, 2.45) is 0 Å². The van der Waals surface area contributed by atoms with E-state index in [0.29, 0.717) is 46.7 Å². The molecule has 0 unspecified atom stereocenters. The predicted octanol–water partition coefficient (Wildman–Crippen LogP) is 2.51. The minimum atomic E-state index is -0.372. The summed E-state index contributed by atoms with van der Waals surface area (Å²) in [6.45, 7) is -0.0427. The molecule has 0 amide bonds. The summed E-state index contributed by atoms with van der Waals surface area (Å²) in [4.78, 5) is 39.8. The van der Waals surface area contributed by atoms with Crippen molar-refractivity contribution in [3.8, 4) is 0 Å². The van der Waals surface area contributed by atoms with E-state index < -0.39 is 0 Å². The van der Waals surface area contributed by atoms with Gasteiger partial charge in [0.2, 0.25) is 0 Å². The van der Waals surface area contributed by atoms with E-state index in [1.807, 2.05) is 30.3 Å². The zero-order valence-corrected chi connectivity index (χ0v) is 15.6. The van der Waals surface area contributed by atoms with E-state index in [9.17, 15) is 9.59 Å². The van der Waals surface area contributed by atoms with Gasteiger partial charge in [0, 0.05) is 18.2 Å². The van der Waals surface area contributed by atoms with Crippen molar-refractivity contribution >= 4 is 33.6 Å². The van der Waals surface area contributed by atoms with Crippen LogP contribution in [0, 0.1) is 0 Å². The number of rotatable bonds is 6. The van der Waals surface area contributed by atoms with Crippen LogP contribution in [0.1, 0.15) is 24.5 Å². The number of carbonyl (C=O) groups excluding carboxylic acids is 1. The highest BCUT2D eigenvalue weighted by molar-refractivity contribution is 5.87. The summed E-state index contributed by atoms with van der Waals surface area (Å²) in [6.07, 6.45) is 1.16. The number of aryl methyl sites for hydroxylation is 1. The van der Waals surface area contributed by atoms with E-state index in [4.69, 9.17) is 10.5 Å². The maximum atomic E-state index is 12.1. The predicted molar refractivity (Wildman–Crippen MR) is 109 cm³/mol. The van der Waals surface area contributed by atoms with Gasteiger partial charge in [-0.1, -0.05) is 24.3 Å². The highest BCUT2D eigenvalue weighted by Gasteiger charge is 2.09. The van der Waals surface area contributed by atoms with Crippen LogP contribution in [-0.4, -0.2) is 25.9 Å². The molecule has 8 nitrogen and oxygen atoms in total. The van der Waals surface area contributed by atoms with Crippen LogP contribution >= 0.6 is 0 Å². The van der Waals surface area contributed by atoms with E-state index in [2.05, 4.69) is 19.9 Å². The highest BCUT2D eigenvalue weighted by atomic mass is 16.5. The zero-order chi connectivity index (χ0) is 20.2. The van der Waals surface area contributed by atoms with Crippen molar-refractivity contribution in [2.45, 2.75) is 25.9 Å². The van der Waals surface area contributed by atoms with Gasteiger partial charge < -0.3 is 15.5 Å². The van der Waals surface area contributed by atoms with Gasteiger partial charge in [0.15, 0.2) is 12.4 Å². The van der Waals surface area contributed by atoms with Crippen molar-refractivity contribution in [3.05, 3.63) is 70.5 Å². The Balaban J connectivity index is 1.32. The molecule has 2 heterocycles. The number of anilines is 1. The van der Waals surface area contributed by atoms with Crippen LogP contribution in [0.25, 0.3) is 21.8 Å². The van der Waals surface area contributed by atoms with Crippen LogP contribution in [0.5, 0.6) is 0 Å². The molecule has 0 aliphatic rings. The number of aromatic amines is 1. The Morgan fingerprint density at radius 2 is 1.66 bits per heavy atom. The molecule has 0 saturated heterocycles. The molecule has 146 valence electrons. The number of nitrogens with two attached hydrogens (primary N) is 1. The van der Waals surface area contributed by atoms with Gasteiger partial charge in [0.25, 0.3) is 5.56 Å². The Morgan fingerprint density at radius 3 is 2.45 bits per heavy atom. The van der Waals surface area contributed by atoms with Gasteiger partial charge >= 0.3 is 5.97 Å². The first-order valence-corrected chi connectivity index (χ1v) is 9.25. The molecule has 3 N–H and O–H groups in total. The molecule has 0 radical (unpaired) electrons. The van der Waals surface area contributed by atoms with Gasteiger partial charge in [0.1, 0.15) is 11.6 Å². The van der Waals surface area contributed by atoms with Crippen molar-refractivity contribution in [1.29, 1.82) is 0 Å². The van der Waals surface area contributed by atoms with Gasteiger partial charge in [-0.15, -0.1) is 0 Å². The largest absolute Gasteiger partial charge is 0.457 e. The molecule has 8 heteroatoms. The molecule has 0 aliphatic carbocycles. The molecular weight excluding hydrogens is 370 g/mol. The molecule has 0 fully saturated rings. The summed E-state index contributed by atoms with van der Waals surface area (Å²) in [6, 6.07) is 14.5. The van der Waals surface area contributed by atoms with Crippen LogP contribution in [0.15, 0.2) is 53.3 Å². The van der Waals surface area contributed by atoms with E-state index in [1.165, 1.54) is 0 Å². The number of hydrogen-bond acceptors (Lipinski definition) is 7. The van der Waals surface area contributed by atoms with Gasteiger partial charge in [-0.25, -0.2) is 15.0 Å². The number of para-hydroxylation sites is 2. The fraction of sp³-hybridized carbons (Fsp3) is 0.190. The maximum Gasteiger partial charge on any atom is 0.306 e.